The summed E-state index contributed by atoms with van der Waals surface area (Å²) in [6, 6.07) is 5.60. The fourth-order valence-electron chi connectivity index (χ4n) is 2.67. The summed E-state index contributed by atoms with van der Waals surface area (Å²) in [6.45, 7) is 4.52. The third-order valence-electron chi connectivity index (χ3n) is 3.79. The van der Waals surface area contributed by atoms with Gasteiger partial charge in [0.15, 0.2) is 0 Å². The first-order valence-electron chi connectivity index (χ1n) is 7.10. The van der Waals surface area contributed by atoms with E-state index in [0.29, 0.717) is 30.9 Å². The number of benzene rings is 1. The molecule has 2 aromatic rings. The van der Waals surface area contributed by atoms with Gasteiger partial charge in [0.05, 0.1) is 36.8 Å². The Morgan fingerprint density at radius 3 is 3.19 bits per heavy atom. The second-order valence-corrected chi connectivity index (χ2v) is 5.39. The molecule has 1 aliphatic rings. The zero-order valence-corrected chi connectivity index (χ0v) is 12.0. The second kappa shape index (κ2) is 5.93. The second-order valence-electron chi connectivity index (χ2n) is 5.39. The number of H-pyrrole nitrogens is 1. The number of nitrogens with zero attached hydrogens (tertiary/aromatic N) is 2. The molecular weight excluding hydrogens is 270 g/mol. The van der Waals surface area contributed by atoms with Crippen LogP contribution >= 0.6 is 0 Å². The number of aliphatic hydroxyl groups excluding tert-OH is 1. The van der Waals surface area contributed by atoms with Crippen molar-refractivity contribution in [1.82, 2.24) is 14.9 Å². The van der Waals surface area contributed by atoms with Crippen LogP contribution in [0.4, 0.5) is 0 Å². The molecule has 0 radical (unpaired) electrons. The number of aromatic nitrogens is 2. The molecule has 0 amide bonds. The number of para-hydroxylation sites is 1. The van der Waals surface area contributed by atoms with E-state index in [2.05, 4.69) is 14.9 Å². The first-order chi connectivity index (χ1) is 10.2. The van der Waals surface area contributed by atoms with Gasteiger partial charge in [0.1, 0.15) is 5.82 Å². The number of nitrogens with one attached hydrogen (secondary N) is 1. The lowest BCUT2D eigenvalue weighted by molar-refractivity contribution is -0.0556. The molecule has 3 rings (SSSR count). The van der Waals surface area contributed by atoms with E-state index in [9.17, 15) is 9.90 Å². The van der Waals surface area contributed by atoms with Crippen molar-refractivity contribution in [2.75, 3.05) is 26.3 Å². The minimum Gasteiger partial charge on any atom is -0.394 e. The van der Waals surface area contributed by atoms with Crippen molar-refractivity contribution in [2.45, 2.75) is 19.6 Å². The molecule has 2 heterocycles. The van der Waals surface area contributed by atoms with Gasteiger partial charge in [-0.1, -0.05) is 12.1 Å². The molecule has 1 fully saturated rings. The number of hydrogen-bond acceptors (Lipinski definition) is 5. The van der Waals surface area contributed by atoms with Crippen molar-refractivity contribution in [2.24, 2.45) is 0 Å². The molecular formula is C15H19N3O3. The van der Waals surface area contributed by atoms with E-state index < -0.39 is 0 Å². The topological polar surface area (TPSA) is 78.5 Å². The van der Waals surface area contributed by atoms with Crippen LogP contribution in [0.5, 0.6) is 0 Å². The summed E-state index contributed by atoms with van der Waals surface area (Å²) >= 11 is 0. The van der Waals surface area contributed by atoms with Crippen molar-refractivity contribution in [3.8, 4) is 0 Å². The van der Waals surface area contributed by atoms with Crippen LogP contribution in [0.3, 0.4) is 0 Å². The first-order valence-corrected chi connectivity index (χ1v) is 7.10. The summed E-state index contributed by atoms with van der Waals surface area (Å²) in [5.74, 6) is 0.653. The van der Waals surface area contributed by atoms with Crippen molar-refractivity contribution >= 4 is 10.9 Å². The van der Waals surface area contributed by atoms with E-state index in [-0.39, 0.29) is 18.3 Å². The molecule has 1 saturated heterocycles. The Morgan fingerprint density at radius 1 is 1.52 bits per heavy atom. The maximum absolute atomic E-state index is 12.1. The number of aliphatic hydroxyl groups is 1. The molecule has 6 nitrogen and oxygen atoms in total. The molecule has 1 aromatic carbocycles. The van der Waals surface area contributed by atoms with Crippen LogP contribution in [0.2, 0.25) is 0 Å². The van der Waals surface area contributed by atoms with Gasteiger partial charge in [-0.2, -0.15) is 0 Å². The van der Waals surface area contributed by atoms with Crippen LogP contribution in [0.25, 0.3) is 10.9 Å². The predicted molar refractivity (Wildman–Crippen MR) is 79.2 cm³/mol. The van der Waals surface area contributed by atoms with Gasteiger partial charge < -0.3 is 14.8 Å². The van der Waals surface area contributed by atoms with Gasteiger partial charge in [-0.3, -0.25) is 9.69 Å². The standard InChI is InChI=1S/C15H19N3O3/c1-10-3-2-4-12-14(10)16-13(17-15(12)20)8-18-5-6-21-11(7-18)9-19/h2-4,11,19H,5-9H2,1H3,(H,16,17,20). The molecule has 21 heavy (non-hydrogen) atoms. The van der Waals surface area contributed by atoms with Crippen molar-refractivity contribution in [3.05, 3.63) is 39.9 Å². The number of morpholine rings is 1. The smallest absolute Gasteiger partial charge is 0.258 e. The minimum atomic E-state index is -0.160. The van der Waals surface area contributed by atoms with Gasteiger partial charge in [-0.15, -0.1) is 0 Å². The lowest BCUT2D eigenvalue weighted by atomic mass is 10.1. The van der Waals surface area contributed by atoms with Gasteiger partial charge in [0, 0.05) is 13.1 Å². The van der Waals surface area contributed by atoms with E-state index in [0.717, 1.165) is 17.6 Å². The number of rotatable bonds is 3. The van der Waals surface area contributed by atoms with E-state index in [1.165, 1.54) is 0 Å². The number of hydrogen-bond donors (Lipinski definition) is 2. The molecule has 1 aromatic heterocycles. The van der Waals surface area contributed by atoms with E-state index in [1.807, 2.05) is 19.1 Å². The Bertz CT molecular complexity index is 698. The zero-order valence-electron chi connectivity index (χ0n) is 12.0. The Balaban J connectivity index is 1.87. The molecule has 6 heteroatoms. The largest absolute Gasteiger partial charge is 0.394 e. The molecule has 1 unspecified atom stereocenters. The summed E-state index contributed by atoms with van der Waals surface area (Å²) in [5, 5.41) is 9.79. The summed E-state index contributed by atoms with van der Waals surface area (Å²) in [6.07, 6.45) is -0.160. The highest BCUT2D eigenvalue weighted by atomic mass is 16.5. The lowest BCUT2D eigenvalue weighted by Gasteiger charge is -2.31. The van der Waals surface area contributed by atoms with Crippen molar-refractivity contribution < 1.29 is 9.84 Å². The molecule has 0 bridgehead atoms. The first kappa shape index (κ1) is 14.2. The monoisotopic (exact) mass is 289 g/mol. The van der Waals surface area contributed by atoms with E-state index in [1.54, 1.807) is 6.07 Å². The van der Waals surface area contributed by atoms with Gasteiger partial charge >= 0.3 is 0 Å². The molecule has 1 aliphatic heterocycles. The molecule has 0 aliphatic carbocycles. The van der Waals surface area contributed by atoms with Crippen LogP contribution in [0, 0.1) is 6.92 Å². The number of ether oxygens (including phenoxy) is 1. The highest BCUT2D eigenvalue weighted by Crippen LogP contribution is 2.13. The Morgan fingerprint density at radius 2 is 2.38 bits per heavy atom. The van der Waals surface area contributed by atoms with Crippen LogP contribution in [0.1, 0.15) is 11.4 Å². The van der Waals surface area contributed by atoms with Crippen molar-refractivity contribution in [1.29, 1.82) is 0 Å². The summed E-state index contributed by atoms with van der Waals surface area (Å²) in [7, 11) is 0. The normalized spacial score (nSPS) is 20.0. The number of fused-ring (bicyclic) bond motifs is 1. The fraction of sp³-hybridized carbons (Fsp3) is 0.467. The minimum absolute atomic E-state index is 0.0112. The Hall–Kier alpha value is -1.76. The van der Waals surface area contributed by atoms with Crippen LogP contribution < -0.4 is 5.56 Å². The van der Waals surface area contributed by atoms with E-state index in [4.69, 9.17) is 4.74 Å². The third-order valence-corrected chi connectivity index (χ3v) is 3.79. The quantitative estimate of drug-likeness (QED) is 0.856. The molecule has 0 spiro atoms. The number of aryl methyl sites for hydroxylation is 1. The van der Waals surface area contributed by atoms with Gasteiger partial charge in [0.25, 0.3) is 5.56 Å². The van der Waals surface area contributed by atoms with Gasteiger partial charge in [-0.05, 0) is 18.6 Å². The molecule has 0 saturated carbocycles. The third kappa shape index (κ3) is 2.97. The average Bonchev–Trinajstić information content (AvgIpc) is 2.49. The van der Waals surface area contributed by atoms with Gasteiger partial charge in [0.2, 0.25) is 0 Å². The zero-order chi connectivity index (χ0) is 14.8. The van der Waals surface area contributed by atoms with E-state index >= 15 is 0 Å². The molecule has 1 atom stereocenters. The lowest BCUT2D eigenvalue weighted by Crippen LogP contribution is -2.43. The maximum atomic E-state index is 12.1. The van der Waals surface area contributed by atoms with Crippen LogP contribution in [-0.4, -0.2) is 52.4 Å². The average molecular weight is 289 g/mol. The SMILES string of the molecule is Cc1cccc2c(=O)[nH]c(CN3CCOC(CO)C3)nc12. The number of aromatic amines is 1. The summed E-state index contributed by atoms with van der Waals surface area (Å²) in [4.78, 5) is 21.7. The van der Waals surface area contributed by atoms with Crippen LogP contribution in [0.15, 0.2) is 23.0 Å². The highest BCUT2D eigenvalue weighted by molar-refractivity contribution is 5.80. The van der Waals surface area contributed by atoms with Crippen LogP contribution in [-0.2, 0) is 11.3 Å². The maximum Gasteiger partial charge on any atom is 0.258 e. The fourth-order valence-corrected chi connectivity index (χ4v) is 2.67. The van der Waals surface area contributed by atoms with Gasteiger partial charge in [-0.25, -0.2) is 4.98 Å². The van der Waals surface area contributed by atoms with Crippen molar-refractivity contribution in [3.63, 3.8) is 0 Å². The Kier molecular flexibility index (Phi) is 4.01. The Labute approximate surface area is 122 Å². The highest BCUT2D eigenvalue weighted by Gasteiger charge is 2.20. The summed E-state index contributed by atoms with van der Waals surface area (Å²) in [5.41, 5.74) is 1.64. The molecule has 112 valence electrons. The predicted octanol–water partition coefficient (Wildman–Crippen LogP) is 0.425. The molecule has 2 N–H and O–H groups in total. The summed E-state index contributed by atoms with van der Waals surface area (Å²) < 4.78 is 5.42.